The first-order valence-corrected chi connectivity index (χ1v) is 12.5. The molecule has 10 nitrogen and oxygen atoms in total. The average Bonchev–Trinajstić information content (AvgIpc) is 3.13. The van der Waals surface area contributed by atoms with Crippen LogP contribution >= 0.6 is 11.8 Å². The molecule has 190 valence electrons. The van der Waals surface area contributed by atoms with E-state index in [4.69, 9.17) is 9.47 Å². The number of carbonyl (C=O) groups excluding carboxylic acids is 2. The Morgan fingerprint density at radius 1 is 1.25 bits per heavy atom. The minimum absolute atomic E-state index is 0.0978. The Hall–Kier alpha value is -3.60. The molecule has 2 aliphatic rings. The topological polar surface area (TPSA) is 131 Å². The Bertz CT molecular complexity index is 1180. The number of aromatic nitrogens is 2. The summed E-state index contributed by atoms with van der Waals surface area (Å²) < 4.78 is 12.1. The molecule has 3 amide bonds. The van der Waals surface area contributed by atoms with Gasteiger partial charge in [-0.25, -0.2) is 14.8 Å². The molecule has 2 unspecified atom stereocenters. The third kappa shape index (κ3) is 6.14. The predicted molar refractivity (Wildman–Crippen MR) is 134 cm³/mol. The van der Waals surface area contributed by atoms with E-state index in [1.165, 1.54) is 11.2 Å². The number of carboxylic acid groups (broad SMARTS) is 1. The number of piperidine rings is 1. The summed E-state index contributed by atoms with van der Waals surface area (Å²) in [5.41, 5.74) is 1.39. The van der Waals surface area contributed by atoms with Crippen molar-refractivity contribution in [2.75, 3.05) is 6.54 Å². The van der Waals surface area contributed by atoms with Crippen LogP contribution in [0.2, 0.25) is 0 Å². The van der Waals surface area contributed by atoms with Gasteiger partial charge in [0.1, 0.15) is 18.2 Å². The van der Waals surface area contributed by atoms with Gasteiger partial charge < -0.3 is 19.5 Å². The van der Waals surface area contributed by atoms with Gasteiger partial charge in [0.25, 0.3) is 11.1 Å². The van der Waals surface area contributed by atoms with Crippen LogP contribution in [-0.4, -0.2) is 55.9 Å². The Labute approximate surface area is 213 Å². The number of thioether (sulfide) groups is 1. The first kappa shape index (κ1) is 25.5. The quantitative estimate of drug-likeness (QED) is 0.500. The number of imide groups is 1. The van der Waals surface area contributed by atoms with Gasteiger partial charge >= 0.3 is 6.09 Å². The maximum atomic E-state index is 11.7. The first-order valence-electron chi connectivity index (χ1n) is 11.7. The Morgan fingerprint density at radius 3 is 2.61 bits per heavy atom. The van der Waals surface area contributed by atoms with Gasteiger partial charge in [0.2, 0.25) is 11.8 Å². The molecule has 2 aromatic rings. The lowest BCUT2D eigenvalue weighted by Crippen LogP contribution is -2.48. The van der Waals surface area contributed by atoms with Crippen LogP contribution in [0.4, 0.5) is 9.59 Å². The highest BCUT2D eigenvalue weighted by atomic mass is 32.2. The summed E-state index contributed by atoms with van der Waals surface area (Å²) in [6.45, 7) is 6.39. The van der Waals surface area contributed by atoms with Crippen LogP contribution in [0.15, 0.2) is 35.5 Å². The van der Waals surface area contributed by atoms with Gasteiger partial charge in [-0.05, 0) is 54.8 Å². The molecule has 0 radical (unpaired) electrons. The maximum Gasteiger partial charge on any atom is 0.407 e. The standard InChI is InChI=1S/C25H28N4O6S/c1-14(2)10-17-12-19(8-9-29(17)25(32)33)35-23-15(3)22(26-13-27-23)34-18-6-4-16(5-7-18)11-20-21(30)28-24(31)36-20/h4-7,11,13-14,17,19H,8-10,12H2,1-3H3,(H,32,33)(H,28,30,31)/b20-11-. The lowest BCUT2D eigenvalue weighted by Gasteiger charge is -2.38. The number of nitrogens with zero attached hydrogens (tertiary/aromatic N) is 3. The SMILES string of the molecule is Cc1c(Oc2ccc(/C=C3\SC(=O)NC3=O)cc2)ncnc1OC1CCN(C(=O)O)C(CC(C)C)C1. The number of rotatable bonds is 7. The van der Waals surface area contributed by atoms with Crippen molar-refractivity contribution in [3.8, 4) is 17.5 Å². The van der Waals surface area contributed by atoms with E-state index in [-0.39, 0.29) is 17.4 Å². The van der Waals surface area contributed by atoms with E-state index in [1.54, 1.807) is 30.3 Å². The van der Waals surface area contributed by atoms with Crippen LogP contribution in [-0.2, 0) is 4.79 Å². The summed E-state index contributed by atoms with van der Waals surface area (Å²) >= 11 is 0.865. The molecule has 2 fully saturated rings. The second-order valence-electron chi connectivity index (χ2n) is 9.16. The highest BCUT2D eigenvalue weighted by Crippen LogP contribution is 2.32. The summed E-state index contributed by atoms with van der Waals surface area (Å²) in [5.74, 6) is 1.27. The van der Waals surface area contributed by atoms with Crippen LogP contribution in [0.5, 0.6) is 17.5 Å². The monoisotopic (exact) mass is 512 g/mol. The molecule has 2 aliphatic heterocycles. The molecule has 0 spiro atoms. The number of ether oxygens (including phenoxy) is 2. The van der Waals surface area contributed by atoms with Gasteiger partial charge in [0.15, 0.2) is 0 Å². The Balaban J connectivity index is 1.42. The second kappa shape index (κ2) is 11.0. The van der Waals surface area contributed by atoms with E-state index in [0.29, 0.717) is 53.3 Å². The van der Waals surface area contributed by atoms with Crippen molar-refractivity contribution in [1.82, 2.24) is 20.2 Å². The van der Waals surface area contributed by atoms with Crippen LogP contribution < -0.4 is 14.8 Å². The van der Waals surface area contributed by atoms with Crippen molar-refractivity contribution in [2.24, 2.45) is 5.92 Å². The van der Waals surface area contributed by atoms with E-state index in [9.17, 15) is 19.5 Å². The summed E-state index contributed by atoms with van der Waals surface area (Å²) in [4.78, 5) is 45.0. The molecule has 11 heteroatoms. The second-order valence-corrected chi connectivity index (χ2v) is 10.2. The number of likely N-dealkylation sites (tertiary alicyclic amines) is 1. The summed E-state index contributed by atoms with van der Waals surface area (Å²) in [6, 6.07) is 6.94. The molecule has 36 heavy (non-hydrogen) atoms. The zero-order valence-corrected chi connectivity index (χ0v) is 21.1. The largest absolute Gasteiger partial charge is 0.474 e. The van der Waals surface area contributed by atoms with E-state index in [1.807, 2.05) is 6.92 Å². The normalized spacial score (nSPS) is 21.1. The Morgan fingerprint density at radius 2 is 1.97 bits per heavy atom. The zero-order valence-electron chi connectivity index (χ0n) is 20.3. The minimum Gasteiger partial charge on any atom is -0.474 e. The lowest BCUT2D eigenvalue weighted by atomic mass is 9.92. The highest BCUT2D eigenvalue weighted by molar-refractivity contribution is 8.18. The number of hydrogen-bond donors (Lipinski definition) is 2. The fourth-order valence-electron chi connectivity index (χ4n) is 4.26. The van der Waals surface area contributed by atoms with Gasteiger partial charge in [-0.15, -0.1) is 0 Å². The van der Waals surface area contributed by atoms with Gasteiger partial charge in [-0.2, -0.15) is 0 Å². The third-order valence-corrected chi connectivity index (χ3v) is 6.77. The number of carbonyl (C=O) groups is 3. The third-order valence-electron chi connectivity index (χ3n) is 5.96. The number of nitrogens with one attached hydrogen (secondary N) is 1. The molecule has 4 rings (SSSR count). The summed E-state index contributed by atoms with van der Waals surface area (Å²) in [7, 11) is 0. The zero-order chi connectivity index (χ0) is 25.8. The molecule has 3 heterocycles. The average molecular weight is 513 g/mol. The fraction of sp³-hybridized carbons (Fsp3) is 0.400. The van der Waals surface area contributed by atoms with Crippen molar-refractivity contribution in [3.63, 3.8) is 0 Å². The van der Waals surface area contributed by atoms with Crippen LogP contribution in [0, 0.1) is 12.8 Å². The lowest BCUT2D eigenvalue weighted by molar-refractivity contribution is -0.115. The van der Waals surface area contributed by atoms with Crippen LogP contribution in [0.3, 0.4) is 0 Å². The van der Waals surface area contributed by atoms with Gasteiger partial charge in [-0.3, -0.25) is 14.9 Å². The van der Waals surface area contributed by atoms with Gasteiger partial charge in [-0.1, -0.05) is 26.0 Å². The van der Waals surface area contributed by atoms with E-state index in [0.717, 1.165) is 23.7 Å². The van der Waals surface area contributed by atoms with Crippen molar-refractivity contribution in [2.45, 2.75) is 52.2 Å². The first-order chi connectivity index (χ1) is 17.2. The van der Waals surface area contributed by atoms with Crippen molar-refractivity contribution < 1.29 is 29.0 Å². The predicted octanol–water partition coefficient (Wildman–Crippen LogP) is 4.84. The van der Waals surface area contributed by atoms with Crippen LogP contribution in [0.1, 0.15) is 44.2 Å². The van der Waals surface area contributed by atoms with Crippen molar-refractivity contribution in [3.05, 3.63) is 46.6 Å². The number of benzene rings is 1. The molecule has 0 saturated carbocycles. The summed E-state index contributed by atoms with van der Waals surface area (Å²) in [5, 5.41) is 11.4. The number of amides is 3. The van der Waals surface area contributed by atoms with Crippen molar-refractivity contribution in [1.29, 1.82) is 0 Å². The van der Waals surface area contributed by atoms with E-state index in [2.05, 4.69) is 29.1 Å². The van der Waals surface area contributed by atoms with Crippen LogP contribution in [0.25, 0.3) is 6.08 Å². The molecular weight excluding hydrogens is 484 g/mol. The molecule has 2 N–H and O–H groups in total. The van der Waals surface area contributed by atoms with Gasteiger partial charge in [0, 0.05) is 25.4 Å². The van der Waals surface area contributed by atoms with E-state index >= 15 is 0 Å². The van der Waals surface area contributed by atoms with Gasteiger partial charge in [0.05, 0.1) is 10.5 Å². The number of hydrogen-bond acceptors (Lipinski definition) is 8. The fourth-order valence-corrected chi connectivity index (χ4v) is 4.94. The molecule has 2 saturated heterocycles. The molecule has 1 aromatic carbocycles. The Kier molecular flexibility index (Phi) is 7.78. The molecule has 2 atom stereocenters. The smallest absolute Gasteiger partial charge is 0.407 e. The summed E-state index contributed by atoms with van der Waals surface area (Å²) in [6.07, 6.45) is 3.92. The molecular formula is C25H28N4O6S. The van der Waals surface area contributed by atoms with Crippen molar-refractivity contribution >= 4 is 35.1 Å². The highest BCUT2D eigenvalue weighted by Gasteiger charge is 2.33. The maximum absolute atomic E-state index is 11.7. The molecule has 0 aliphatic carbocycles. The molecule has 1 aromatic heterocycles. The minimum atomic E-state index is -0.894. The molecule has 0 bridgehead atoms. The van der Waals surface area contributed by atoms with E-state index < -0.39 is 12.0 Å².